The second kappa shape index (κ2) is 11.1. The number of anilines is 1. The van der Waals surface area contributed by atoms with Crippen molar-refractivity contribution < 1.29 is 9.13 Å². The lowest BCUT2D eigenvalue weighted by Crippen LogP contribution is -2.35. The van der Waals surface area contributed by atoms with Crippen LogP contribution in [0.1, 0.15) is 37.9 Å². The fraction of sp³-hybridized carbons (Fsp3) is 0.385. The molecular weight excluding hydrogens is 548 g/mol. The summed E-state index contributed by atoms with van der Waals surface area (Å²) >= 11 is 14.3. The summed E-state index contributed by atoms with van der Waals surface area (Å²) in [5.74, 6) is 1.91. The SMILES string of the molecule is COc1cc(-n2c(C(C)(C)c3ccc(Cl)c(Cl)c3)cnc2SCC2CCN(c3nnn[nH]3)CC2)ccc1F. The molecule has 0 aliphatic carbocycles. The van der Waals surface area contributed by atoms with Crippen LogP contribution in [0.25, 0.3) is 5.69 Å². The van der Waals surface area contributed by atoms with Gasteiger partial charge in [0.25, 0.3) is 0 Å². The van der Waals surface area contributed by atoms with Gasteiger partial charge in [0.15, 0.2) is 16.7 Å². The van der Waals surface area contributed by atoms with E-state index in [1.807, 2.05) is 18.3 Å². The second-order valence-electron chi connectivity index (χ2n) is 9.80. The van der Waals surface area contributed by atoms with Crippen LogP contribution >= 0.6 is 35.0 Å². The molecule has 38 heavy (non-hydrogen) atoms. The molecule has 8 nitrogen and oxygen atoms in total. The molecule has 1 aliphatic heterocycles. The van der Waals surface area contributed by atoms with Gasteiger partial charge in [0.05, 0.1) is 34.7 Å². The summed E-state index contributed by atoms with van der Waals surface area (Å²) in [6, 6.07) is 10.5. The first kappa shape index (κ1) is 26.8. The summed E-state index contributed by atoms with van der Waals surface area (Å²) in [7, 11) is 1.47. The third kappa shape index (κ3) is 5.34. The van der Waals surface area contributed by atoms with Crippen molar-refractivity contribution in [3.05, 3.63) is 69.7 Å². The number of thioether (sulfide) groups is 1. The Kier molecular flexibility index (Phi) is 7.83. The van der Waals surface area contributed by atoms with Gasteiger partial charge in [-0.25, -0.2) is 14.5 Å². The van der Waals surface area contributed by atoms with Crippen LogP contribution in [0.2, 0.25) is 10.0 Å². The molecule has 12 heteroatoms. The highest BCUT2D eigenvalue weighted by atomic mass is 35.5. The Morgan fingerprint density at radius 2 is 1.92 bits per heavy atom. The number of tetrazole rings is 1. The van der Waals surface area contributed by atoms with E-state index in [4.69, 9.17) is 32.9 Å². The summed E-state index contributed by atoms with van der Waals surface area (Å²) in [5.41, 5.74) is 2.24. The maximum Gasteiger partial charge on any atom is 0.242 e. The smallest absolute Gasteiger partial charge is 0.242 e. The minimum atomic E-state index is -0.474. The van der Waals surface area contributed by atoms with Crippen LogP contribution < -0.4 is 9.64 Å². The molecule has 1 fully saturated rings. The molecule has 4 aromatic rings. The Morgan fingerprint density at radius 1 is 1.13 bits per heavy atom. The van der Waals surface area contributed by atoms with Crippen LogP contribution in [0.15, 0.2) is 47.8 Å². The Morgan fingerprint density at radius 3 is 2.61 bits per heavy atom. The van der Waals surface area contributed by atoms with E-state index in [1.54, 1.807) is 30.0 Å². The fourth-order valence-electron chi connectivity index (χ4n) is 4.74. The Hall–Kier alpha value is -2.82. The normalized spacial score (nSPS) is 14.7. The first-order chi connectivity index (χ1) is 18.3. The highest BCUT2D eigenvalue weighted by molar-refractivity contribution is 7.99. The highest BCUT2D eigenvalue weighted by Gasteiger charge is 2.31. The number of aromatic amines is 1. The van der Waals surface area contributed by atoms with Crippen molar-refractivity contribution in [2.45, 2.75) is 37.3 Å². The molecule has 200 valence electrons. The van der Waals surface area contributed by atoms with Crippen molar-refractivity contribution in [1.82, 2.24) is 30.2 Å². The molecule has 1 aliphatic rings. The van der Waals surface area contributed by atoms with Gasteiger partial charge < -0.3 is 9.64 Å². The van der Waals surface area contributed by atoms with Gasteiger partial charge in [0, 0.05) is 30.3 Å². The number of nitrogens with one attached hydrogen (secondary N) is 1. The molecule has 1 N–H and O–H groups in total. The molecule has 0 bridgehead atoms. The van der Waals surface area contributed by atoms with E-state index in [2.05, 4.69) is 43.9 Å². The molecule has 0 unspecified atom stereocenters. The molecule has 2 aromatic carbocycles. The number of piperidine rings is 1. The minimum Gasteiger partial charge on any atom is -0.494 e. The van der Waals surface area contributed by atoms with Crippen molar-refractivity contribution in [2.75, 3.05) is 30.9 Å². The van der Waals surface area contributed by atoms with E-state index >= 15 is 0 Å². The maximum absolute atomic E-state index is 14.3. The lowest BCUT2D eigenvalue weighted by molar-refractivity contribution is 0.386. The molecule has 3 heterocycles. The minimum absolute atomic E-state index is 0.180. The summed E-state index contributed by atoms with van der Waals surface area (Å²) in [5, 5.41) is 16.1. The molecule has 0 saturated carbocycles. The summed E-state index contributed by atoms with van der Waals surface area (Å²) in [4.78, 5) is 7.00. The maximum atomic E-state index is 14.3. The number of hydrogen-bond acceptors (Lipinski definition) is 7. The van der Waals surface area contributed by atoms with E-state index in [-0.39, 0.29) is 5.75 Å². The van der Waals surface area contributed by atoms with Crippen LogP contribution in [0.5, 0.6) is 5.75 Å². The summed E-state index contributed by atoms with van der Waals surface area (Å²) < 4.78 is 21.7. The fourth-order valence-corrected chi connectivity index (χ4v) is 6.22. The topological polar surface area (TPSA) is 84.8 Å². The number of nitrogens with zero attached hydrogens (tertiary/aromatic N) is 6. The van der Waals surface area contributed by atoms with Crippen molar-refractivity contribution >= 4 is 40.9 Å². The number of ether oxygens (including phenoxy) is 1. The largest absolute Gasteiger partial charge is 0.494 e. The lowest BCUT2D eigenvalue weighted by Gasteiger charge is -2.31. The number of benzene rings is 2. The third-order valence-electron chi connectivity index (χ3n) is 7.10. The van der Waals surface area contributed by atoms with Crippen LogP contribution in [0.3, 0.4) is 0 Å². The van der Waals surface area contributed by atoms with Gasteiger partial charge in [-0.05, 0) is 59.0 Å². The van der Waals surface area contributed by atoms with Gasteiger partial charge >= 0.3 is 0 Å². The second-order valence-corrected chi connectivity index (χ2v) is 11.6. The van der Waals surface area contributed by atoms with Crippen LogP contribution in [-0.4, -0.2) is 56.1 Å². The first-order valence-corrected chi connectivity index (χ1v) is 14.0. The number of imidazole rings is 1. The van der Waals surface area contributed by atoms with Crippen LogP contribution in [-0.2, 0) is 5.41 Å². The summed E-state index contributed by atoms with van der Waals surface area (Å²) in [6.07, 6.45) is 3.95. The van der Waals surface area contributed by atoms with Gasteiger partial charge in [-0.1, -0.05) is 60.0 Å². The van der Waals surface area contributed by atoms with Gasteiger partial charge in [-0.3, -0.25) is 4.57 Å². The van der Waals surface area contributed by atoms with E-state index in [9.17, 15) is 4.39 Å². The number of rotatable bonds is 8. The molecule has 0 amide bonds. The monoisotopic (exact) mass is 575 g/mol. The Bertz CT molecular complexity index is 1400. The van der Waals surface area contributed by atoms with Gasteiger partial charge in [-0.15, -0.1) is 0 Å². The predicted molar refractivity (Wildman–Crippen MR) is 149 cm³/mol. The molecule has 0 atom stereocenters. The van der Waals surface area contributed by atoms with Crippen molar-refractivity contribution in [1.29, 1.82) is 0 Å². The average Bonchev–Trinajstić information content (AvgIpc) is 3.61. The zero-order chi connectivity index (χ0) is 26.9. The molecule has 0 spiro atoms. The van der Waals surface area contributed by atoms with Gasteiger partial charge in [0.1, 0.15) is 0 Å². The average molecular weight is 577 g/mol. The standard InChI is InChI=1S/C26H28Cl2FN7OS/c1-26(2,17-4-6-19(27)20(28)12-17)23-14-30-25(36(23)18-5-7-21(29)22(13-18)37-3)38-15-16-8-10-35(11-9-16)24-31-33-34-32-24/h4-7,12-14,16H,8-11,15H2,1-3H3,(H,31,32,33,34). The third-order valence-corrected chi connectivity index (χ3v) is 9.02. The quantitative estimate of drug-likeness (QED) is 0.251. The van der Waals surface area contributed by atoms with Crippen LogP contribution in [0, 0.1) is 11.7 Å². The van der Waals surface area contributed by atoms with Gasteiger partial charge in [0.2, 0.25) is 5.95 Å². The van der Waals surface area contributed by atoms with E-state index in [0.717, 1.165) is 53.8 Å². The number of hydrogen-bond donors (Lipinski definition) is 1. The Labute approximate surface area is 234 Å². The molecule has 1 saturated heterocycles. The van der Waals surface area contributed by atoms with Gasteiger partial charge in [-0.2, -0.15) is 0 Å². The van der Waals surface area contributed by atoms with E-state index in [1.165, 1.54) is 13.2 Å². The number of halogens is 3. The molecule has 0 radical (unpaired) electrons. The van der Waals surface area contributed by atoms with Crippen LogP contribution in [0.4, 0.5) is 10.3 Å². The number of methoxy groups -OCH3 is 1. The zero-order valence-corrected chi connectivity index (χ0v) is 23.6. The lowest BCUT2D eigenvalue weighted by atomic mass is 9.81. The predicted octanol–water partition coefficient (Wildman–Crippen LogP) is 6.17. The zero-order valence-electron chi connectivity index (χ0n) is 21.3. The van der Waals surface area contributed by atoms with E-state index in [0.29, 0.717) is 21.9 Å². The Balaban J connectivity index is 1.44. The highest BCUT2D eigenvalue weighted by Crippen LogP contribution is 2.39. The van der Waals surface area contributed by atoms with E-state index < -0.39 is 11.2 Å². The summed E-state index contributed by atoms with van der Waals surface area (Å²) in [6.45, 7) is 6.01. The molecule has 5 rings (SSSR count). The van der Waals surface area contributed by atoms with Crippen molar-refractivity contribution in [3.63, 3.8) is 0 Å². The number of H-pyrrole nitrogens is 1. The molecular formula is C26H28Cl2FN7OS. The molecule has 2 aromatic heterocycles. The van der Waals surface area contributed by atoms with Crippen molar-refractivity contribution in [3.8, 4) is 11.4 Å². The number of aromatic nitrogens is 6. The van der Waals surface area contributed by atoms with Crippen molar-refractivity contribution in [2.24, 2.45) is 5.92 Å². The first-order valence-electron chi connectivity index (χ1n) is 12.3.